The van der Waals surface area contributed by atoms with Crippen LogP contribution < -0.4 is 38.6 Å². The number of ether oxygens (including phenoxy) is 8. The molecule has 5 aromatic carbocycles. The summed E-state index contributed by atoms with van der Waals surface area (Å²) in [6.07, 6.45) is 0.158. The molecule has 0 aliphatic carbocycles. The number of anilines is 1. The number of aryl methyl sites for hydroxylation is 1. The number of methoxy groups -OCH3 is 3. The summed E-state index contributed by atoms with van der Waals surface area (Å²) in [7, 11) is 6.43. The first kappa shape index (κ1) is 59.2. The average molecular weight is 1240 g/mol. The van der Waals surface area contributed by atoms with Crippen LogP contribution in [0.4, 0.5) is 10.1 Å². The largest absolute Gasteiger partial charge is 0.504 e. The molecular formula is C63H64ClFN8O14S. The van der Waals surface area contributed by atoms with E-state index in [2.05, 4.69) is 35.3 Å². The van der Waals surface area contributed by atoms with Crippen molar-refractivity contribution < 1.29 is 72.3 Å². The molecule has 8 atom stereocenters. The van der Waals surface area contributed by atoms with Gasteiger partial charge in [-0.25, -0.2) is 19.2 Å². The Labute approximate surface area is 514 Å². The number of fused-ring (bicyclic) bond motifs is 10. The Morgan fingerprint density at radius 2 is 1.72 bits per heavy atom. The molecule has 22 nitrogen and oxygen atoms in total. The monoisotopic (exact) mass is 1240 g/mol. The van der Waals surface area contributed by atoms with Gasteiger partial charge < -0.3 is 63.2 Å². The maximum absolute atomic E-state index is 15.1. The lowest BCUT2D eigenvalue weighted by atomic mass is 9.73. The van der Waals surface area contributed by atoms with Crippen molar-refractivity contribution in [2.45, 2.75) is 80.9 Å². The molecule has 7 unspecified atom stereocenters. The third kappa shape index (κ3) is 9.70. The van der Waals surface area contributed by atoms with Gasteiger partial charge in [0.1, 0.15) is 36.8 Å². The number of morpholine rings is 1. The number of hydrogen-bond acceptors (Lipinski definition) is 23. The van der Waals surface area contributed by atoms with Crippen molar-refractivity contribution >= 4 is 51.9 Å². The number of benzene rings is 5. The molecule has 3 saturated heterocycles. The van der Waals surface area contributed by atoms with Crippen LogP contribution in [-0.4, -0.2) is 161 Å². The summed E-state index contributed by atoms with van der Waals surface area (Å²) in [4.78, 5) is 42.7. The second kappa shape index (κ2) is 23.3. The number of piperazine rings is 1. The molecule has 25 heteroatoms. The van der Waals surface area contributed by atoms with Crippen molar-refractivity contribution in [1.29, 1.82) is 0 Å². The minimum absolute atomic E-state index is 0.0226. The van der Waals surface area contributed by atoms with Gasteiger partial charge in [0.25, 0.3) is 0 Å². The second-order valence-corrected chi connectivity index (χ2v) is 24.2. The molecule has 8 aliphatic heterocycles. The van der Waals surface area contributed by atoms with E-state index in [1.54, 1.807) is 24.3 Å². The Morgan fingerprint density at radius 3 is 2.45 bits per heavy atom. The van der Waals surface area contributed by atoms with Crippen LogP contribution in [0.5, 0.6) is 46.1 Å². The van der Waals surface area contributed by atoms with E-state index >= 15 is 4.39 Å². The quantitative estimate of drug-likeness (QED) is 0.0743. The van der Waals surface area contributed by atoms with Crippen molar-refractivity contribution in [3.05, 3.63) is 134 Å². The van der Waals surface area contributed by atoms with Crippen molar-refractivity contribution in [2.24, 2.45) is 0 Å². The number of nitrogens with one attached hydrogen (secondary N) is 1. The Kier molecular flexibility index (Phi) is 15.7. The lowest BCUT2D eigenvalue weighted by Gasteiger charge is -2.62. The number of carbonyl (C=O) groups is 2. The predicted octanol–water partition coefficient (Wildman–Crippen LogP) is 7.22. The summed E-state index contributed by atoms with van der Waals surface area (Å²) < 4.78 is 61.4. The maximum atomic E-state index is 15.1. The summed E-state index contributed by atoms with van der Waals surface area (Å²) in [6, 6.07) is 14.8. The van der Waals surface area contributed by atoms with Crippen LogP contribution in [0.15, 0.2) is 67.0 Å². The fourth-order valence-electron chi connectivity index (χ4n) is 14.0. The Bertz CT molecular complexity index is 3960. The molecule has 3 fully saturated rings. The van der Waals surface area contributed by atoms with Gasteiger partial charge in [-0.3, -0.25) is 19.9 Å². The van der Waals surface area contributed by atoms with Crippen molar-refractivity contribution in [3.63, 3.8) is 0 Å². The molecular weight excluding hydrogens is 1180 g/mol. The first-order valence-corrected chi connectivity index (χ1v) is 30.2. The number of aromatic hydroxyl groups is 2. The maximum Gasteiger partial charge on any atom is 0.331 e. The van der Waals surface area contributed by atoms with E-state index in [9.17, 15) is 30.0 Å². The number of phenolic OH excluding ortho intramolecular Hbond substituents is 2. The van der Waals surface area contributed by atoms with Crippen LogP contribution in [0.1, 0.15) is 86.1 Å². The average Bonchev–Trinajstić information content (AvgIpc) is 0.886. The van der Waals surface area contributed by atoms with Crippen molar-refractivity contribution in [3.8, 4) is 57.4 Å². The first-order valence-electron chi connectivity index (χ1n) is 28.7. The van der Waals surface area contributed by atoms with Gasteiger partial charge in [0, 0.05) is 93.9 Å². The lowest BCUT2D eigenvalue weighted by Crippen LogP contribution is -2.70. The van der Waals surface area contributed by atoms with Crippen LogP contribution in [0.25, 0.3) is 22.2 Å². The van der Waals surface area contributed by atoms with E-state index in [1.807, 2.05) is 50.1 Å². The van der Waals surface area contributed by atoms with Crippen molar-refractivity contribution in [2.75, 3.05) is 85.3 Å². The number of aliphatic hydroxyl groups is 2. The highest BCUT2D eigenvalue weighted by atomic mass is 35.5. The van der Waals surface area contributed by atoms with E-state index in [0.29, 0.717) is 106 Å². The number of aromatic nitrogens is 4. The van der Waals surface area contributed by atoms with E-state index in [0.717, 1.165) is 35.5 Å². The van der Waals surface area contributed by atoms with Gasteiger partial charge >= 0.3 is 11.9 Å². The van der Waals surface area contributed by atoms with E-state index in [1.165, 1.54) is 58.5 Å². The topological polar surface area (TPSA) is 262 Å². The number of halogens is 2. The molecule has 460 valence electrons. The highest BCUT2D eigenvalue weighted by Gasteiger charge is 2.61. The molecule has 5 N–H and O–H groups in total. The smallest absolute Gasteiger partial charge is 0.331 e. The number of esters is 2. The van der Waals surface area contributed by atoms with Gasteiger partial charge in [0.15, 0.2) is 40.0 Å². The molecule has 1 spiro atoms. The van der Waals surface area contributed by atoms with E-state index in [-0.39, 0.29) is 64.3 Å². The fraction of sp³-hybridized carbons (Fsp3) is 0.397. The summed E-state index contributed by atoms with van der Waals surface area (Å²) in [6.45, 7) is 8.20. The molecule has 15 rings (SSSR count). The van der Waals surface area contributed by atoms with Gasteiger partial charge in [-0.15, -0.1) is 22.0 Å². The van der Waals surface area contributed by atoms with Crippen LogP contribution in [0, 0.1) is 19.7 Å². The van der Waals surface area contributed by atoms with Crippen LogP contribution >= 0.6 is 23.4 Å². The van der Waals surface area contributed by atoms with Gasteiger partial charge in [-0.2, -0.15) is 0 Å². The molecule has 0 amide bonds. The number of carbonyl (C=O) groups excluding carboxylic acids is 2. The number of aliphatic hydroxyl groups excluding tert-OH is 2. The number of phenols is 2. The SMILES string of the molecule is COc1cc2c(cc1O)CCNC21CSC2c3c(OC(C)=O)c(C)c4c(c3C(COC1=O)N1C(O)C3Cc5cc(C)c(OC)c(O)c5C(C21)N3C)OCO4.COc1ccc([C@@H](O)c2cc(-c3ncnc4cc(N5CCOCC5)ccc34)c(F)cc2Cl)nn1. The standard InChI is InChI=1S/C39H43N3O11S.C24H21ClFN5O3/c1-16-9-20-10-22-37(46)42-23-13-50-38(47)39(21-12-25(48-5)24(44)11-19(21)7-8-40-39)14-54-36(30(42)29(41(22)4)26(20)31(45)32(16)49-6)28-27(23)35-34(51-15-52-35)17(2)33(28)53-18(3)43;1-33-22-5-4-20(29-30-22)24(32)16-11-17(19(26)12-18(16)25)23-15-3-2-14(10-21(15)27-13-28-23)31-6-8-34-9-7-31/h9,11-12,22-23,29-30,36-37,40,44-46H,7-8,10,13-15H2,1-6H3;2-5,10-13,24,32H,6-9H2,1H3/t;24-/m.0/s1. The Balaban J connectivity index is 0.000000181. The second-order valence-electron chi connectivity index (χ2n) is 22.7. The number of rotatable bonds is 8. The third-order valence-corrected chi connectivity index (χ3v) is 19.8. The summed E-state index contributed by atoms with van der Waals surface area (Å²) in [5.74, 6) is 0.704. The Morgan fingerprint density at radius 1 is 0.920 bits per heavy atom. The van der Waals surface area contributed by atoms with Gasteiger partial charge in [-0.1, -0.05) is 17.7 Å². The summed E-state index contributed by atoms with van der Waals surface area (Å²) >= 11 is 7.76. The number of hydrogen-bond donors (Lipinski definition) is 5. The highest BCUT2D eigenvalue weighted by Crippen LogP contribution is 2.65. The molecule has 88 heavy (non-hydrogen) atoms. The molecule has 0 radical (unpaired) electrons. The molecule has 2 aromatic heterocycles. The van der Waals surface area contributed by atoms with Gasteiger partial charge in [0.2, 0.25) is 12.7 Å². The molecule has 4 bridgehead atoms. The third-order valence-electron chi connectivity index (χ3n) is 18.0. The zero-order chi connectivity index (χ0) is 61.6. The molecule has 7 aromatic rings. The van der Waals surface area contributed by atoms with Gasteiger partial charge in [0.05, 0.1) is 74.8 Å². The summed E-state index contributed by atoms with van der Waals surface area (Å²) in [5, 5.41) is 57.7. The highest BCUT2D eigenvalue weighted by molar-refractivity contribution is 7.99. The summed E-state index contributed by atoms with van der Waals surface area (Å²) in [5.41, 5.74) is 7.21. The zero-order valence-electron chi connectivity index (χ0n) is 49.1. The zero-order valence-corrected chi connectivity index (χ0v) is 50.7. The van der Waals surface area contributed by atoms with E-state index < -0.39 is 59.0 Å². The molecule has 0 saturated carbocycles. The van der Waals surface area contributed by atoms with Crippen LogP contribution in [0.2, 0.25) is 5.02 Å². The number of likely N-dealkylation sites (N-methyl/N-ethyl adjacent to an activating group) is 1. The lowest BCUT2D eigenvalue weighted by molar-refractivity contribution is -0.186. The molecule has 8 aliphatic rings. The fourth-order valence-corrected chi connectivity index (χ4v) is 15.9. The number of thioether (sulfide) groups is 1. The van der Waals surface area contributed by atoms with Crippen LogP contribution in [-0.2, 0) is 37.4 Å². The first-order chi connectivity index (χ1) is 42.5. The minimum atomic E-state index is -1.36. The Hall–Kier alpha value is -7.81. The van der Waals surface area contributed by atoms with Crippen molar-refractivity contribution in [1.82, 2.24) is 35.3 Å². The van der Waals surface area contributed by atoms with E-state index in [4.69, 9.17) is 49.5 Å². The molecule has 10 heterocycles. The van der Waals surface area contributed by atoms with Crippen LogP contribution in [0.3, 0.4) is 0 Å². The normalized spacial score (nSPS) is 23.8. The predicted molar refractivity (Wildman–Crippen MR) is 320 cm³/mol. The van der Waals surface area contributed by atoms with Gasteiger partial charge in [-0.05, 0) is 105 Å². The minimum Gasteiger partial charge on any atom is -0.504 e. The number of nitrogens with zero attached hydrogens (tertiary/aromatic N) is 7.